The highest BCUT2D eigenvalue weighted by Gasteiger charge is 2.28. The van der Waals surface area contributed by atoms with Crippen LogP contribution < -0.4 is 0 Å². The molecule has 1 unspecified atom stereocenters. The summed E-state index contributed by atoms with van der Waals surface area (Å²) in [6.07, 6.45) is 0. The van der Waals surface area contributed by atoms with E-state index >= 15 is 0 Å². The molecule has 186 valence electrons. The molecule has 0 spiro atoms. The van der Waals surface area contributed by atoms with Crippen molar-refractivity contribution in [2.75, 3.05) is 45.6 Å². The van der Waals surface area contributed by atoms with Gasteiger partial charge in [-0.2, -0.15) is 4.98 Å². The summed E-state index contributed by atoms with van der Waals surface area (Å²) in [5.74, 6) is 0.903. The molecule has 9 nitrogen and oxygen atoms in total. The van der Waals surface area contributed by atoms with Gasteiger partial charge in [-0.15, -0.1) is 0 Å². The van der Waals surface area contributed by atoms with Gasteiger partial charge in [-0.1, -0.05) is 35.0 Å². The predicted molar refractivity (Wildman–Crippen MR) is 131 cm³/mol. The lowest BCUT2D eigenvalue weighted by molar-refractivity contribution is 0.0551. The quantitative estimate of drug-likeness (QED) is 0.467. The second-order valence-corrected chi connectivity index (χ2v) is 10.8. The maximum absolute atomic E-state index is 13.0. The molecule has 3 aromatic rings. The van der Waals surface area contributed by atoms with Crippen LogP contribution in [0.2, 0.25) is 0 Å². The van der Waals surface area contributed by atoms with Crippen LogP contribution in [0.3, 0.4) is 0 Å². The van der Waals surface area contributed by atoms with E-state index in [1.165, 1.54) is 24.8 Å². The van der Waals surface area contributed by atoms with Crippen molar-refractivity contribution >= 4 is 15.7 Å². The van der Waals surface area contributed by atoms with Crippen LogP contribution in [-0.2, 0) is 14.6 Å². The molecule has 35 heavy (non-hydrogen) atoms. The number of aromatic nitrogens is 2. The van der Waals surface area contributed by atoms with E-state index < -0.39 is 9.84 Å². The van der Waals surface area contributed by atoms with E-state index in [-0.39, 0.29) is 29.2 Å². The van der Waals surface area contributed by atoms with E-state index in [2.05, 4.69) is 15.0 Å². The maximum atomic E-state index is 13.0. The zero-order valence-corrected chi connectivity index (χ0v) is 21.0. The number of hydrogen-bond donors (Lipinski definition) is 0. The number of hydrogen-bond acceptors (Lipinski definition) is 8. The van der Waals surface area contributed by atoms with Crippen LogP contribution in [0.25, 0.3) is 11.4 Å². The van der Waals surface area contributed by atoms with Crippen molar-refractivity contribution < 1.29 is 22.5 Å². The molecule has 1 aliphatic heterocycles. The van der Waals surface area contributed by atoms with Crippen molar-refractivity contribution in [3.8, 4) is 11.4 Å². The molecule has 0 aliphatic carbocycles. The summed E-state index contributed by atoms with van der Waals surface area (Å²) in [5, 5.41) is 4.13. The van der Waals surface area contributed by atoms with Gasteiger partial charge in [0, 0.05) is 44.4 Å². The number of benzene rings is 2. The first kappa shape index (κ1) is 25.0. The first-order chi connectivity index (χ1) is 16.8. The van der Waals surface area contributed by atoms with Crippen LogP contribution in [0.5, 0.6) is 0 Å². The van der Waals surface area contributed by atoms with Crippen LogP contribution >= 0.6 is 0 Å². The second kappa shape index (κ2) is 10.7. The average molecular weight is 499 g/mol. The Hall–Kier alpha value is -3.08. The first-order valence-electron chi connectivity index (χ1n) is 11.5. The molecule has 1 atom stereocenters. The largest absolute Gasteiger partial charge is 0.384 e. The minimum absolute atomic E-state index is 0.0736. The summed E-state index contributed by atoms with van der Waals surface area (Å²) in [5.41, 5.74) is 2.55. The van der Waals surface area contributed by atoms with Gasteiger partial charge < -0.3 is 14.2 Å². The van der Waals surface area contributed by atoms with Crippen molar-refractivity contribution in [1.82, 2.24) is 19.9 Å². The molecule has 1 amide bonds. The monoisotopic (exact) mass is 498 g/mol. The Balaban J connectivity index is 1.34. The Morgan fingerprint density at radius 1 is 1.06 bits per heavy atom. The number of ether oxygens (including phenoxy) is 1. The molecule has 4 rings (SSSR count). The number of nitrogens with zero attached hydrogens (tertiary/aromatic N) is 4. The smallest absolute Gasteiger partial charge is 0.253 e. The fourth-order valence-electron chi connectivity index (χ4n) is 3.99. The van der Waals surface area contributed by atoms with E-state index in [9.17, 15) is 13.2 Å². The van der Waals surface area contributed by atoms with Gasteiger partial charge in [0.2, 0.25) is 11.7 Å². The lowest BCUT2D eigenvalue weighted by Crippen LogP contribution is -2.49. The zero-order valence-electron chi connectivity index (χ0n) is 20.2. The summed E-state index contributed by atoms with van der Waals surface area (Å²) in [7, 11) is -1.97. The van der Waals surface area contributed by atoms with Crippen molar-refractivity contribution in [1.29, 1.82) is 0 Å². The van der Waals surface area contributed by atoms with E-state index in [1.807, 2.05) is 38.1 Å². The SMILES string of the molecule is COCCS(=O)(=O)c1ccc(C(=O)N2CCN(C(C)c3nc(-c4ccc(C)cc4)no3)CC2)cc1. The van der Waals surface area contributed by atoms with Gasteiger partial charge in [0.1, 0.15) is 0 Å². The van der Waals surface area contributed by atoms with Crippen molar-refractivity contribution in [3.63, 3.8) is 0 Å². The third-order valence-electron chi connectivity index (χ3n) is 6.27. The Kier molecular flexibility index (Phi) is 7.63. The zero-order chi connectivity index (χ0) is 25.0. The summed E-state index contributed by atoms with van der Waals surface area (Å²) >= 11 is 0. The van der Waals surface area contributed by atoms with Crippen LogP contribution in [0, 0.1) is 6.92 Å². The van der Waals surface area contributed by atoms with Gasteiger partial charge in [0.15, 0.2) is 9.84 Å². The number of piperazine rings is 1. The van der Waals surface area contributed by atoms with Crippen molar-refractivity contribution in [2.24, 2.45) is 0 Å². The fraction of sp³-hybridized carbons (Fsp3) is 0.400. The van der Waals surface area contributed by atoms with E-state index in [1.54, 1.807) is 17.0 Å². The number of carbonyl (C=O) groups is 1. The molecule has 0 bridgehead atoms. The third-order valence-corrected chi connectivity index (χ3v) is 7.97. The summed E-state index contributed by atoms with van der Waals surface area (Å²) in [4.78, 5) is 21.7. The van der Waals surface area contributed by atoms with Crippen LogP contribution in [0.4, 0.5) is 0 Å². The molecule has 0 radical (unpaired) electrons. The fourth-order valence-corrected chi connectivity index (χ4v) is 5.16. The Morgan fingerprint density at radius 2 is 1.71 bits per heavy atom. The van der Waals surface area contributed by atoms with Gasteiger partial charge in [-0.05, 0) is 38.1 Å². The number of amides is 1. The Labute approximate surface area is 205 Å². The highest BCUT2D eigenvalue weighted by molar-refractivity contribution is 7.91. The molecular weight excluding hydrogens is 468 g/mol. The number of methoxy groups -OCH3 is 1. The number of sulfone groups is 1. The minimum atomic E-state index is -3.43. The summed E-state index contributed by atoms with van der Waals surface area (Å²) < 4.78 is 35.0. The van der Waals surface area contributed by atoms with Crippen LogP contribution in [0.1, 0.15) is 34.8 Å². The summed E-state index contributed by atoms with van der Waals surface area (Å²) in [6.45, 7) is 6.61. The van der Waals surface area contributed by atoms with E-state index in [4.69, 9.17) is 9.26 Å². The number of carbonyl (C=O) groups excluding carboxylic acids is 1. The van der Waals surface area contributed by atoms with E-state index in [0.29, 0.717) is 43.5 Å². The molecule has 2 heterocycles. The van der Waals surface area contributed by atoms with Gasteiger partial charge in [0.05, 0.1) is 23.3 Å². The normalized spacial score (nSPS) is 15.8. The topological polar surface area (TPSA) is 106 Å². The molecule has 1 aromatic heterocycles. The van der Waals surface area contributed by atoms with E-state index in [0.717, 1.165) is 5.56 Å². The molecule has 2 aromatic carbocycles. The number of aryl methyl sites for hydroxylation is 1. The van der Waals surface area contributed by atoms with Crippen molar-refractivity contribution in [3.05, 3.63) is 65.5 Å². The minimum Gasteiger partial charge on any atom is -0.384 e. The van der Waals surface area contributed by atoms with Crippen LogP contribution in [-0.4, -0.2) is 79.9 Å². The van der Waals surface area contributed by atoms with Gasteiger partial charge >= 0.3 is 0 Å². The summed E-state index contributed by atoms with van der Waals surface area (Å²) in [6, 6.07) is 14.0. The average Bonchev–Trinajstić information content (AvgIpc) is 3.37. The lowest BCUT2D eigenvalue weighted by atomic mass is 10.1. The third kappa shape index (κ3) is 5.77. The highest BCUT2D eigenvalue weighted by Crippen LogP contribution is 2.24. The Morgan fingerprint density at radius 3 is 2.34 bits per heavy atom. The molecule has 0 N–H and O–H groups in total. The van der Waals surface area contributed by atoms with Gasteiger partial charge in [0.25, 0.3) is 5.91 Å². The molecule has 10 heteroatoms. The Bertz CT molecular complexity index is 1250. The standard InChI is InChI=1S/C25H30N4O5S/c1-18-4-6-20(7-5-18)23-26-24(34-27-23)19(2)28-12-14-29(15-13-28)25(30)21-8-10-22(11-9-21)35(31,32)17-16-33-3/h4-11,19H,12-17H2,1-3H3. The predicted octanol–water partition coefficient (Wildman–Crippen LogP) is 2.98. The molecule has 0 saturated carbocycles. The lowest BCUT2D eigenvalue weighted by Gasteiger charge is -2.36. The van der Waals surface area contributed by atoms with Gasteiger partial charge in [-0.3, -0.25) is 9.69 Å². The van der Waals surface area contributed by atoms with Gasteiger partial charge in [-0.25, -0.2) is 8.42 Å². The molecular formula is C25H30N4O5S. The molecule has 1 fully saturated rings. The number of rotatable bonds is 8. The molecule has 1 saturated heterocycles. The second-order valence-electron chi connectivity index (χ2n) is 8.66. The molecule has 1 aliphatic rings. The first-order valence-corrected chi connectivity index (χ1v) is 13.2. The maximum Gasteiger partial charge on any atom is 0.253 e. The highest BCUT2D eigenvalue weighted by atomic mass is 32.2. The van der Waals surface area contributed by atoms with Crippen molar-refractivity contribution in [2.45, 2.75) is 24.8 Å². The van der Waals surface area contributed by atoms with Crippen LogP contribution in [0.15, 0.2) is 57.9 Å².